The number of rotatable bonds is 4. The lowest BCUT2D eigenvalue weighted by Gasteiger charge is -2.31. The maximum Gasteiger partial charge on any atom is 0.333 e. The Labute approximate surface area is 108 Å². The number of nitrogens with zero attached hydrogens (tertiary/aromatic N) is 1. The van der Waals surface area contributed by atoms with Gasteiger partial charge in [0.2, 0.25) is 0 Å². The highest BCUT2D eigenvalue weighted by atomic mass is 32.2. The van der Waals surface area contributed by atoms with Crippen molar-refractivity contribution in [1.82, 2.24) is 4.90 Å². The van der Waals surface area contributed by atoms with Crippen LogP contribution in [0.1, 0.15) is 18.4 Å². The van der Waals surface area contributed by atoms with Crippen LogP contribution in [0, 0.1) is 0 Å². The summed E-state index contributed by atoms with van der Waals surface area (Å²) < 4.78 is 26.4. The number of nitrogens with two attached hydrogens (primary N) is 1. The molecule has 1 aliphatic rings. The van der Waals surface area contributed by atoms with Crippen molar-refractivity contribution in [2.24, 2.45) is 5.14 Å². The molecule has 2 N–H and O–H groups in total. The molecule has 0 aromatic heterocycles. The lowest BCUT2D eigenvalue weighted by atomic mass is 10.1. The zero-order valence-corrected chi connectivity index (χ0v) is 11.0. The van der Waals surface area contributed by atoms with Gasteiger partial charge in [0.25, 0.3) is 0 Å². The lowest BCUT2D eigenvalue weighted by molar-refractivity contribution is 0.102. The van der Waals surface area contributed by atoms with Gasteiger partial charge >= 0.3 is 10.3 Å². The van der Waals surface area contributed by atoms with Crippen LogP contribution in [-0.4, -0.2) is 32.5 Å². The fourth-order valence-corrected chi connectivity index (χ4v) is 2.77. The van der Waals surface area contributed by atoms with E-state index in [1.54, 1.807) is 0 Å². The Morgan fingerprint density at radius 1 is 1.22 bits per heavy atom. The molecule has 1 saturated heterocycles. The van der Waals surface area contributed by atoms with Crippen molar-refractivity contribution >= 4 is 10.3 Å². The van der Waals surface area contributed by atoms with E-state index >= 15 is 0 Å². The zero-order chi connectivity index (χ0) is 13.0. The fraction of sp³-hybridized carbons (Fsp3) is 0.500. The molecular weight excluding hydrogens is 252 g/mol. The van der Waals surface area contributed by atoms with E-state index in [2.05, 4.69) is 17.0 Å². The monoisotopic (exact) mass is 270 g/mol. The maximum absolute atomic E-state index is 10.8. The molecule has 1 aromatic carbocycles. The van der Waals surface area contributed by atoms with Gasteiger partial charge in [-0.2, -0.15) is 8.42 Å². The summed E-state index contributed by atoms with van der Waals surface area (Å²) in [5, 5.41) is 4.86. The van der Waals surface area contributed by atoms with E-state index in [1.807, 2.05) is 18.2 Å². The van der Waals surface area contributed by atoms with Crippen LogP contribution in [0.25, 0.3) is 0 Å². The summed E-state index contributed by atoms with van der Waals surface area (Å²) in [5.74, 6) is 0. The highest BCUT2D eigenvalue weighted by molar-refractivity contribution is 7.84. The van der Waals surface area contributed by atoms with Gasteiger partial charge in [-0.1, -0.05) is 30.3 Å². The van der Waals surface area contributed by atoms with Crippen LogP contribution >= 0.6 is 0 Å². The summed E-state index contributed by atoms with van der Waals surface area (Å²) >= 11 is 0. The molecule has 6 heteroatoms. The SMILES string of the molecule is NS(=O)(=O)OC1CCN(Cc2ccccc2)CC1. The highest BCUT2D eigenvalue weighted by Crippen LogP contribution is 2.17. The predicted molar refractivity (Wildman–Crippen MR) is 68.9 cm³/mol. The molecule has 0 amide bonds. The third-order valence-corrected chi connectivity index (χ3v) is 3.59. The van der Waals surface area contributed by atoms with Gasteiger partial charge in [0.15, 0.2) is 0 Å². The van der Waals surface area contributed by atoms with Crippen LogP contribution in [0.4, 0.5) is 0 Å². The minimum atomic E-state index is -3.82. The summed E-state index contributed by atoms with van der Waals surface area (Å²) in [6, 6.07) is 10.2. The Morgan fingerprint density at radius 3 is 2.39 bits per heavy atom. The first-order valence-corrected chi connectivity index (χ1v) is 7.47. The van der Waals surface area contributed by atoms with E-state index in [9.17, 15) is 8.42 Å². The molecule has 100 valence electrons. The molecule has 0 aliphatic carbocycles. The largest absolute Gasteiger partial charge is 0.333 e. The standard InChI is InChI=1S/C12H18N2O3S/c13-18(15,16)17-12-6-8-14(9-7-12)10-11-4-2-1-3-5-11/h1-5,12H,6-10H2,(H2,13,15,16). The summed E-state index contributed by atoms with van der Waals surface area (Å²) in [5.41, 5.74) is 1.27. The second-order valence-corrected chi connectivity index (χ2v) is 5.73. The van der Waals surface area contributed by atoms with Gasteiger partial charge in [-0.3, -0.25) is 9.08 Å². The first-order chi connectivity index (χ1) is 8.53. The van der Waals surface area contributed by atoms with Crippen molar-refractivity contribution in [3.8, 4) is 0 Å². The van der Waals surface area contributed by atoms with E-state index in [0.29, 0.717) is 12.8 Å². The van der Waals surface area contributed by atoms with Crippen molar-refractivity contribution in [2.75, 3.05) is 13.1 Å². The summed E-state index contributed by atoms with van der Waals surface area (Å²) in [4.78, 5) is 2.29. The molecule has 1 aromatic rings. The lowest BCUT2D eigenvalue weighted by Crippen LogP contribution is -2.38. The second kappa shape index (κ2) is 5.79. The highest BCUT2D eigenvalue weighted by Gasteiger charge is 2.22. The van der Waals surface area contributed by atoms with Crippen molar-refractivity contribution in [3.05, 3.63) is 35.9 Å². The number of piperidine rings is 1. The number of benzene rings is 1. The molecule has 0 atom stereocenters. The van der Waals surface area contributed by atoms with Gasteiger partial charge < -0.3 is 0 Å². The molecule has 0 bridgehead atoms. The number of likely N-dealkylation sites (tertiary alicyclic amines) is 1. The van der Waals surface area contributed by atoms with Gasteiger partial charge in [-0.05, 0) is 18.4 Å². The van der Waals surface area contributed by atoms with Gasteiger partial charge in [-0.25, -0.2) is 5.14 Å². The Bertz CT molecular complexity index is 467. The van der Waals surface area contributed by atoms with E-state index in [4.69, 9.17) is 9.32 Å². The van der Waals surface area contributed by atoms with Gasteiger partial charge in [0.1, 0.15) is 0 Å². The Hall–Kier alpha value is -0.950. The van der Waals surface area contributed by atoms with Crippen LogP contribution in [0.5, 0.6) is 0 Å². The smallest absolute Gasteiger partial charge is 0.299 e. The molecule has 5 nitrogen and oxygen atoms in total. The Balaban J connectivity index is 1.80. The second-order valence-electron chi connectivity index (χ2n) is 4.55. The first-order valence-electron chi connectivity index (χ1n) is 6.00. The van der Waals surface area contributed by atoms with Gasteiger partial charge in [-0.15, -0.1) is 0 Å². The zero-order valence-electron chi connectivity index (χ0n) is 10.2. The maximum atomic E-state index is 10.8. The number of hydrogen-bond donors (Lipinski definition) is 1. The Kier molecular flexibility index (Phi) is 4.34. The van der Waals surface area contributed by atoms with Crippen LogP contribution in [-0.2, 0) is 21.0 Å². The average Bonchev–Trinajstić information content (AvgIpc) is 2.31. The minimum Gasteiger partial charge on any atom is -0.299 e. The molecule has 2 rings (SSSR count). The van der Waals surface area contributed by atoms with E-state index in [-0.39, 0.29) is 6.10 Å². The van der Waals surface area contributed by atoms with Crippen molar-refractivity contribution in [1.29, 1.82) is 0 Å². The fourth-order valence-electron chi connectivity index (χ4n) is 2.19. The first kappa shape index (κ1) is 13.5. The van der Waals surface area contributed by atoms with Crippen LogP contribution < -0.4 is 5.14 Å². The van der Waals surface area contributed by atoms with Crippen molar-refractivity contribution in [2.45, 2.75) is 25.5 Å². The third-order valence-electron chi connectivity index (χ3n) is 3.05. The predicted octanol–water partition coefficient (Wildman–Crippen LogP) is 0.871. The average molecular weight is 270 g/mol. The van der Waals surface area contributed by atoms with Crippen molar-refractivity contribution in [3.63, 3.8) is 0 Å². The van der Waals surface area contributed by atoms with Crippen LogP contribution in [0.2, 0.25) is 0 Å². The van der Waals surface area contributed by atoms with Crippen LogP contribution in [0.15, 0.2) is 30.3 Å². The normalized spacial score (nSPS) is 18.9. The van der Waals surface area contributed by atoms with Gasteiger partial charge in [0.05, 0.1) is 6.10 Å². The van der Waals surface area contributed by atoms with Gasteiger partial charge in [0, 0.05) is 19.6 Å². The molecular formula is C12H18N2O3S. The topological polar surface area (TPSA) is 72.6 Å². The van der Waals surface area contributed by atoms with E-state index in [1.165, 1.54) is 5.56 Å². The summed E-state index contributed by atoms with van der Waals surface area (Å²) in [6.07, 6.45) is 1.12. The molecule has 0 spiro atoms. The summed E-state index contributed by atoms with van der Waals surface area (Å²) in [7, 11) is -3.82. The molecule has 0 saturated carbocycles. The molecule has 0 radical (unpaired) electrons. The third kappa shape index (κ3) is 4.38. The number of hydrogen-bond acceptors (Lipinski definition) is 4. The van der Waals surface area contributed by atoms with E-state index < -0.39 is 10.3 Å². The molecule has 1 aliphatic heterocycles. The molecule has 18 heavy (non-hydrogen) atoms. The minimum absolute atomic E-state index is 0.271. The molecule has 0 unspecified atom stereocenters. The van der Waals surface area contributed by atoms with E-state index in [0.717, 1.165) is 19.6 Å². The molecule has 1 heterocycles. The Morgan fingerprint density at radius 2 is 1.83 bits per heavy atom. The van der Waals surface area contributed by atoms with Crippen molar-refractivity contribution < 1.29 is 12.6 Å². The molecule has 1 fully saturated rings. The summed E-state index contributed by atoms with van der Waals surface area (Å²) in [6.45, 7) is 2.55. The van der Waals surface area contributed by atoms with Crippen LogP contribution in [0.3, 0.4) is 0 Å². The quantitative estimate of drug-likeness (QED) is 0.881.